The summed E-state index contributed by atoms with van der Waals surface area (Å²) in [5.74, 6) is -0.249. The average Bonchev–Trinajstić information content (AvgIpc) is 2.34. The Kier molecular flexibility index (Phi) is 3.25. The van der Waals surface area contributed by atoms with Gasteiger partial charge in [0.25, 0.3) is 5.91 Å². The van der Waals surface area contributed by atoms with Gasteiger partial charge < -0.3 is 11.1 Å². The first-order valence-corrected chi connectivity index (χ1v) is 5.31. The number of nitrogen functional groups attached to an aromatic ring is 1. The molecular formula is C12H10ClN3O. The van der Waals surface area contributed by atoms with Gasteiger partial charge in [-0.15, -0.1) is 0 Å². The maximum absolute atomic E-state index is 11.8. The molecule has 1 amide bonds. The number of amides is 1. The van der Waals surface area contributed by atoms with E-state index in [1.165, 1.54) is 6.07 Å². The van der Waals surface area contributed by atoms with Gasteiger partial charge in [0.1, 0.15) is 0 Å². The third-order valence-electron chi connectivity index (χ3n) is 2.18. The Labute approximate surface area is 103 Å². The zero-order valence-electron chi connectivity index (χ0n) is 8.85. The molecule has 1 heterocycles. The van der Waals surface area contributed by atoms with Crippen LogP contribution in [0.5, 0.6) is 0 Å². The van der Waals surface area contributed by atoms with Crippen molar-refractivity contribution in [3.05, 3.63) is 53.3 Å². The van der Waals surface area contributed by atoms with Crippen LogP contribution < -0.4 is 11.1 Å². The molecule has 0 aliphatic rings. The lowest BCUT2D eigenvalue weighted by Gasteiger charge is -2.05. The number of nitrogens with two attached hydrogens (primary N) is 1. The number of carbonyl (C=O) groups excluding carboxylic acids is 1. The lowest BCUT2D eigenvalue weighted by molar-refractivity contribution is 0.102. The third-order valence-corrected chi connectivity index (χ3v) is 2.52. The van der Waals surface area contributed by atoms with Crippen molar-refractivity contribution in [1.29, 1.82) is 0 Å². The van der Waals surface area contributed by atoms with E-state index in [9.17, 15) is 4.79 Å². The first-order valence-electron chi connectivity index (χ1n) is 4.93. The molecule has 17 heavy (non-hydrogen) atoms. The molecule has 1 aromatic heterocycles. The van der Waals surface area contributed by atoms with Crippen molar-refractivity contribution in [2.24, 2.45) is 0 Å². The number of hydrogen-bond acceptors (Lipinski definition) is 3. The van der Waals surface area contributed by atoms with Gasteiger partial charge in [0.05, 0.1) is 22.6 Å². The smallest absolute Gasteiger partial charge is 0.255 e. The first-order chi connectivity index (χ1) is 8.16. The fourth-order valence-corrected chi connectivity index (χ4v) is 1.44. The highest BCUT2D eigenvalue weighted by Gasteiger charge is 2.07. The first kappa shape index (κ1) is 11.4. The van der Waals surface area contributed by atoms with E-state index in [-0.39, 0.29) is 5.91 Å². The summed E-state index contributed by atoms with van der Waals surface area (Å²) in [6.45, 7) is 0. The summed E-state index contributed by atoms with van der Waals surface area (Å²) in [7, 11) is 0. The quantitative estimate of drug-likeness (QED) is 0.802. The summed E-state index contributed by atoms with van der Waals surface area (Å²) in [4.78, 5) is 15.7. The van der Waals surface area contributed by atoms with Crippen LogP contribution in [0.25, 0.3) is 0 Å². The zero-order chi connectivity index (χ0) is 12.3. The molecule has 0 unspecified atom stereocenters. The molecule has 2 aromatic rings. The van der Waals surface area contributed by atoms with Crippen LogP contribution in [0.2, 0.25) is 5.02 Å². The van der Waals surface area contributed by atoms with Crippen LogP contribution in [0, 0.1) is 0 Å². The highest BCUT2D eigenvalue weighted by atomic mass is 35.5. The predicted molar refractivity (Wildman–Crippen MR) is 68.1 cm³/mol. The highest BCUT2D eigenvalue weighted by molar-refractivity contribution is 6.33. The predicted octanol–water partition coefficient (Wildman–Crippen LogP) is 2.57. The average molecular weight is 248 g/mol. The van der Waals surface area contributed by atoms with Gasteiger partial charge in [0, 0.05) is 11.8 Å². The fourth-order valence-electron chi connectivity index (χ4n) is 1.32. The number of nitrogens with one attached hydrogen (secondary N) is 1. The number of halogens is 1. The van der Waals surface area contributed by atoms with E-state index in [1.807, 2.05) is 0 Å². The molecule has 0 fully saturated rings. The van der Waals surface area contributed by atoms with E-state index in [4.69, 9.17) is 17.3 Å². The number of anilines is 2. The molecule has 0 saturated carbocycles. The summed E-state index contributed by atoms with van der Waals surface area (Å²) in [6.07, 6.45) is 3.20. The van der Waals surface area contributed by atoms with Crippen molar-refractivity contribution >= 4 is 28.9 Å². The molecule has 4 nitrogen and oxygen atoms in total. The molecule has 0 bridgehead atoms. The minimum atomic E-state index is -0.249. The van der Waals surface area contributed by atoms with Gasteiger partial charge >= 0.3 is 0 Å². The summed E-state index contributed by atoms with van der Waals surface area (Å²) in [5.41, 5.74) is 7.09. The van der Waals surface area contributed by atoms with Crippen LogP contribution in [0.3, 0.4) is 0 Å². The van der Waals surface area contributed by atoms with Gasteiger partial charge in [-0.25, -0.2) is 0 Å². The number of rotatable bonds is 2. The van der Waals surface area contributed by atoms with Gasteiger partial charge in [-0.1, -0.05) is 11.6 Å². The van der Waals surface area contributed by atoms with Crippen molar-refractivity contribution in [3.8, 4) is 0 Å². The summed E-state index contributed by atoms with van der Waals surface area (Å²) in [6, 6.07) is 8.24. The molecule has 1 aromatic carbocycles. The number of aromatic nitrogens is 1. The van der Waals surface area contributed by atoms with Crippen LogP contribution in [0.15, 0.2) is 42.7 Å². The number of carbonyl (C=O) groups is 1. The van der Waals surface area contributed by atoms with Crippen molar-refractivity contribution in [3.63, 3.8) is 0 Å². The van der Waals surface area contributed by atoms with E-state index in [0.29, 0.717) is 22.0 Å². The van der Waals surface area contributed by atoms with Crippen LogP contribution in [0.1, 0.15) is 10.4 Å². The minimum absolute atomic E-state index is 0.249. The number of hydrogen-bond donors (Lipinski definition) is 2. The molecular weight excluding hydrogens is 238 g/mol. The Bertz CT molecular complexity index is 543. The van der Waals surface area contributed by atoms with E-state index in [1.54, 1.807) is 36.7 Å². The summed E-state index contributed by atoms with van der Waals surface area (Å²) in [5, 5.41) is 3.14. The van der Waals surface area contributed by atoms with E-state index in [2.05, 4.69) is 10.3 Å². The largest absolute Gasteiger partial charge is 0.398 e. The van der Waals surface area contributed by atoms with Crippen molar-refractivity contribution in [2.45, 2.75) is 0 Å². The Hall–Kier alpha value is -2.07. The second-order valence-corrected chi connectivity index (χ2v) is 3.84. The lowest BCUT2D eigenvalue weighted by atomic mass is 10.2. The normalized spacial score (nSPS) is 9.94. The van der Waals surface area contributed by atoms with Crippen LogP contribution in [-0.2, 0) is 0 Å². The van der Waals surface area contributed by atoms with Gasteiger partial charge in [0.2, 0.25) is 0 Å². The van der Waals surface area contributed by atoms with Crippen molar-refractivity contribution < 1.29 is 4.79 Å². The standard InChI is InChI=1S/C12H10ClN3O/c13-10-4-3-8(6-11(10)14)12(17)16-9-2-1-5-15-7-9/h1-7H,14H2,(H,16,17). The van der Waals surface area contributed by atoms with Gasteiger partial charge in [-0.3, -0.25) is 9.78 Å². The van der Waals surface area contributed by atoms with Crippen LogP contribution in [-0.4, -0.2) is 10.9 Å². The molecule has 0 aliphatic heterocycles. The van der Waals surface area contributed by atoms with E-state index >= 15 is 0 Å². The molecule has 2 rings (SSSR count). The van der Waals surface area contributed by atoms with E-state index < -0.39 is 0 Å². The second kappa shape index (κ2) is 4.84. The summed E-state index contributed by atoms with van der Waals surface area (Å²) < 4.78 is 0. The maximum Gasteiger partial charge on any atom is 0.255 e. The molecule has 0 atom stereocenters. The van der Waals surface area contributed by atoms with Crippen molar-refractivity contribution in [2.75, 3.05) is 11.1 Å². The SMILES string of the molecule is Nc1cc(C(=O)Nc2cccnc2)ccc1Cl. The monoisotopic (exact) mass is 247 g/mol. The highest BCUT2D eigenvalue weighted by Crippen LogP contribution is 2.20. The number of benzene rings is 1. The molecule has 86 valence electrons. The molecule has 0 radical (unpaired) electrons. The van der Waals surface area contributed by atoms with Gasteiger partial charge in [-0.05, 0) is 30.3 Å². The molecule has 0 aliphatic carbocycles. The zero-order valence-corrected chi connectivity index (χ0v) is 9.61. The Morgan fingerprint density at radius 1 is 1.35 bits per heavy atom. The van der Waals surface area contributed by atoms with Crippen LogP contribution >= 0.6 is 11.6 Å². The van der Waals surface area contributed by atoms with Crippen molar-refractivity contribution in [1.82, 2.24) is 4.98 Å². The Balaban J connectivity index is 2.18. The fraction of sp³-hybridized carbons (Fsp3) is 0. The van der Waals surface area contributed by atoms with Gasteiger partial charge in [-0.2, -0.15) is 0 Å². The molecule has 0 spiro atoms. The topological polar surface area (TPSA) is 68.0 Å². The second-order valence-electron chi connectivity index (χ2n) is 3.43. The van der Waals surface area contributed by atoms with E-state index in [0.717, 1.165) is 0 Å². The number of pyridine rings is 1. The minimum Gasteiger partial charge on any atom is -0.398 e. The lowest BCUT2D eigenvalue weighted by Crippen LogP contribution is -2.12. The molecule has 0 saturated heterocycles. The Morgan fingerprint density at radius 3 is 2.82 bits per heavy atom. The Morgan fingerprint density at radius 2 is 2.18 bits per heavy atom. The summed E-state index contributed by atoms with van der Waals surface area (Å²) >= 11 is 5.78. The molecule has 3 N–H and O–H groups in total. The third kappa shape index (κ3) is 2.73. The van der Waals surface area contributed by atoms with Crippen LogP contribution in [0.4, 0.5) is 11.4 Å². The molecule has 5 heteroatoms. The van der Waals surface area contributed by atoms with Gasteiger partial charge in [0.15, 0.2) is 0 Å². The maximum atomic E-state index is 11.8. The number of nitrogens with zero attached hydrogens (tertiary/aromatic N) is 1.